The van der Waals surface area contributed by atoms with Crippen molar-refractivity contribution in [1.82, 2.24) is 4.98 Å². The number of benzene rings is 1. The van der Waals surface area contributed by atoms with Crippen LogP contribution in [0.25, 0.3) is 10.8 Å². The predicted molar refractivity (Wildman–Crippen MR) is 88.1 cm³/mol. The molecule has 1 atom stereocenters. The average Bonchev–Trinajstić information content (AvgIpc) is 2.54. The Morgan fingerprint density at radius 2 is 2.24 bits per heavy atom. The topological polar surface area (TPSA) is 25.4 Å². The third kappa shape index (κ3) is 3.14. The van der Waals surface area contributed by atoms with Crippen molar-refractivity contribution in [3.05, 3.63) is 36.0 Å². The van der Waals surface area contributed by atoms with Crippen molar-refractivity contribution >= 4 is 28.2 Å². The van der Waals surface area contributed by atoms with Crippen molar-refractivity contribution in [3.63, 3.8) is 0 Å². The first-order valence-electron chi connectivity index (χ1n) is 7.50. The summed E-state index contributed by atoms with van der Waals surface area (Å²) in [5.74, 6) is 2.11. The zero-order valence-electron chi connectivity index (χ0n) is 12.4. The smallest absolute Gasteiger partial charge is 0.136 e. The fourth-order valence-electron chi connectivity index (χ4n) is 3.17. The molecule has 21 heavy (non-hydrogen) atoms. The molecule has 1 fully saturated rings. The van der Waals surface area contributed by atoms with Crippen LogP contribution in [0.2, 0.25) is 0 Å². The van der Waals surface area contributed by atoms with E-state index in [0.29, 0.717) is 11.8 Å². The van der Waals surface area contributed by atoms with Crippen molar-refractivity contribution in [3.8, 4) is 0 Å². The summed E-state index contributed by atoms with van der Waals surface area (Å²) in [5, 5.41) is 2.43. The van der Waals surface area contributed by atoms with Crippen LogP contribution in [-0.2, 0) is 10.6 Å². The van der Waals surface area contributed by atoms with Gasteiger partial charge in [0.2, 0.25) is 0 Å². The number of methoxy groups -OCH3 is 1. The molecule has 0 spiro atoms. The van der Waals surface area contributed by atoms with E-state index < -0.39 is 0 Å². The van der Waals surface area contributed by atoms with E-state index in [4.69, 9.17) is 21.3 Å². The molecule has 2 aromatic rings. The molecule has 2 heterocycles. The van der Waals surface area contributed by atoms with Gasteiger partial charge in [-0.1, -0.05) is 24.3 Å². The highest BCUT2D eigenvalue weighted by molar-refractivity contribution is 6.17. The van der Waals surface area contributed by atoms with E-state index in [2.05, 4.69) is 35.2 Å². The lowest BCUT2D eigenvalue weighted by molar-refractivity contribution is 0.143. The summed E-state index contributed by atoms with van der Waals surface area (Å²) in [6.07, 6.45) is 2.42. The Morgan fingerprint density at radius 1 is 1.38 bits per heavy atom. The molecule has 1 saturated heterocycles. The maximum Gasteiger partial charge on any atom is 0.136 e. The summed E-state index contributed by atoms with van der Waals surface area (Å²) in [7, 11) is 1.78. The van der Waals surface area contributed by atoms with Gasteiger partial charge in [0.25, 0.3) is 0 Å². The molecule has 0 amide bonds. The van der Waals surface area contributed by atoms with Gasteiger partial charge < -0.3 is 9.64 Å². The second kappa shape index (κ2) is 6.63. The Labute approximate surface area is 130 Å². The maximum atomic E-state index is 6.02. The molecular weight excluding hydrogens is 284 g/mol. The Bertz CT molecular complexity index is 615. The third-order valence-electron chi connectivity index (χ3n) is 4.13. The minimum absolute atomic E-state index is 0.452. The summed E-state index contributed by atoms with van der Waals surface area (Å²) in [6, 6.07) is 10.5. The van der Waals surface area contributed by atoms with Crippen LogP contribution in [0.4, 0.5) is 5.82 Å². The van der Waals surface area contributed by atoms with Crippen LogP contribution in [0.15, 0.2) is 30.3 Å². The molecule has 0 aliphatic carbocycles. The normalized spacial score (nSPS) is 19.1. The molecule has 1 aliphatic heterocycles. The van der Waals surface area contributed by atoms with Gasteiger partial charge in [0.1, 0.15) is 5.82 Å². The van der Waals surface area contributed by atoms with Crippen LogP contribution < -0.4 is 4.90 Å². The molecule has 3 rings (SSSR count). The van der Waals surface area contributed by atoms with Gasteiger partial charge in [-0.05, 0) is 30.2 Å². The second-order valence-electron chi connectivity index (χ2n) is 5.70. The molecular formula is C17H21ClN2O. The molecule has 4 heteroatoms. The minimum Gasteiger partial charge on any atom is -0.384 e. The number of rotatable bonds is 4. The summed E-state index contributed by atoms with van der Waals surface area (Å²) in [4.78, 5) is 7.19. The van der Waals surface area contributed by atoms with Crippen LogP contribution >= 0.6 is 11.6 Å². The van der Waals surface area contributed by atoms with Gasteiger partial charge in [-0.25, -0.2) is 4.98 Å². The molecule has 1 aromatic heterocycles. The third-order valence-corrected chi connectivity index (χ3v) is 4.40. The Kier molecular flexibility index (Phi) is 4.61. The average molecular weight is 305 g/mol. The standard InChI is InChI=1S/C17H21ClN2O/c1-21-12-13-5-4-8-20(11-13)17-16-7-3-2-6-14(16)9-15(10-18)19-17/h2-3,6-7,9,13H,4-5,8,10-12H2,1H3. The maximum absolute atomic E-state index is 6.02. The zero-order chi connectivity index (χ0) is 14.7. The molecule has 0 N–H and O–H groups in total. The van der Waals surface area contributed by atoms with E-state index in [9.17, 15) is 0 Å². The second-order valence-corrected chi connectivity index (χ2v) is 5.97. The quantitative estimate of drug-likeness (QED) is 0.803. The minimum atomic E-state index is 0.452. The molecule has 0 bridgehead atoms. The summed E-state index contributed by atoms with van der Waals surface area (Å²) in [5.41, 5.74) is 0.944. The highest BCUT2D eigenvalue weighted by Gasteiger charge is 2.22. The fraction of sp³-hybridized carbons (Fsp3) is 0.471. The van der Waals surface area contributed by atoms with Crippen molar-refractivity contribution in [2.75, 3.05) is 31.7 Å². The van der Waals surface area contributed by atoms with Crippen molar-refractivity contribution in [1.29, 1.82) is 0 Å². The summed E-state index contributed by atoms with van der Waals surface area (Å²) in [6.45, 7) is 2.89. The highest BCUT2D eigenvalue weighted by Crippen LogP contribution is 2.29. The first-order valence-corrected chi connectivity index (χ1v) is 8.03. The van der Waals surface area contributed by atoms with Gasteiger partial charge in [-0.3, -0.25) is 0 Å². The number of piperidine rings is 1. The van der Waals surface area contributed by atoms with E-state index in [1.807, 2.05) is 0 Å². The number of pyridine rings is 1. The first-order chi connectivity index (χ1) is 10.3. The Balaban J connectivity index is 1.98. The molecule has 3 nitrogen and oxygen atoms in total. The van der Waals surface area contributed by atoms with E-state index in [0.717, 1.165) is 31.2 Å². The summed E-state index contributed by atoms with van der Waals surface area (Å²) < 4.78 is 5.33. The van der Waals surface area contributed by atoms with Crippen LogP contribution in [-0.4, -0.2) is 31.8 Å². The largest absolute Gasteiger partial charge is 0.384 e. The van der Waals surface area contributed by atoms with Crippen LogP contribution in [0.1, 0.15) is 18.5 Å². The number of anilines is 1. The number of hydrogen-bond acceptors (Lipinski definition) is 3. The molecule has 1 unspecified atom stereocenters. The lowest BCUT2D eigenvalue weighted by Gasteiger charge is -2.34. The number of halogens is 1. The zero-order valence-corrected chi connectivity index (χ0v) is 13.1. The monoisotopic (exact) mass is 304 g/mol. The van der Waals surface area contributed by atoms with E-state index in [1.165, 1.54) is 23.6 Å². The molecule has 0 radical (unpaired) electrons. The number of ether oxygens (including phenoxy) is 1. The highest BCUT2D eigenvalue weighted by atomic mass is 35.5. The lowest BCUT2D eigenvalue weighted by atomic mass is 9.98. The number of nitrogens with zero attached hydrogens (tertiary/aromatic N) is 2. The van der Waals surface area contributed by atoms with Crippen LogP contribution in [0.5, 0.6) is 0 Å². The van der Waals surface area contributed by atoms with E-state index in [-0.39, 0.29) is 0 Å². The fourth-order valence-corrected chi connectivity index (χ4v) is 3.31. The van der Waals surface area contributed by atoms with E-state index in [1.54, 1.807) is 7.11 Å². The van der Waals surface area contributed by atoms with Crippen molar-refractivity contribution in [2.45, 2.75) is 18.7 Å². The van der Waals surface area contributed by atoms with E-state index >= 15 is 0 Å². The Morgan fingerprint density at radius 3 is 3.05 bits per heavy atom. The van der Waals surface area contributed by atoms with Crippen LogP contribution in [0.3, 0.4) is 0 Å². The van der Waals surface area contributed by atoms with Crippen molar-refractivity contribution in [2.24, 2.45) is 5.92 Å². The number of hydrogen-bond donors (Lipinski definition) is 0. The lowest BCUT2D eigenvalue weighted by Crippen LogP contribution is -2.37. The van der Waals surface area contributed by atoms with Gasteiger partial charge in [-0.15, -0.1) is 11.6 Å². The van der Waals surface area contributed by atoms with Gasteiger partial charge >= 0.3 is 0 Å². The Hall–Kier alpha value is -1.32. The SMILES string of the molecule is COCC1CCCN(c2nc(CCl)cc3ccccc23)C1. The van der Waals surface area contributed by atoms with Gasteiger partial charge in [0, 0.05) is 25.6 Å². The predicted octanol–water partition coefficient (Wildman–Crippen LogP) is 3.84. The van der Waals surface area contributed by atoms with Crippen LogP contribution in [0, 0.1) is 5.92 Å². The molecule has 1 aromatic carbocycles. The number of fused-ring (bicyclic) bond motifs is 1. The first kappa shape index (κ1) is 14.6. The number of alkyl halides is 1. The van der Waals surface area contributed by atoms with Gasteiger partial charge in [0.15, 0.2) is 0 Å². The van der Waals surface area contributed by atoms with Gasteiger partial charge in [0.05, 0.1) is 18.2 Å². The molecule has 1 aliphatic rings. The number of aromatic nitrogens is 1. The summed E-state index contributed by atoms with van der Waals surface area (Å²) >= 11 is 6.02. The van der Waals surface area contributed by atoms with Gasteiger partial charge in [-0.2, -0.15) is 0 Å². The molecule has 112 valence electrons. The van der Waals surface area contributed by atoms with Crippen molar-refractivity contribution < 1.29 is 4.74 Å². The molecule has 0 saturated carbocycles.